The lowest BCUT2D eigenvalue weighted by atomic mass is 10.0. The van der Waals surface area contributed by atoms with Crippen molar-refractivity contribution in [2.24, 2.45) is 0 Å². The van der Waals surface area contributed by atoms with Gasteiger partial charge in [0.15, 0.2) is 0 Å². The van der Waals surface area contributed by atoms with Crippen molar-refractivity contribution in [3.63, 3.8) is 0 Å². The monoisotopic (exact) mass is 334 g/mol. The second kappa shape index (κ2) is 6.71. The van der Waals surface area contributed by atoms with Crippen molar-refractivity contribution < 1.29 is 9.18 Å². The quantitative estimate of drug-likeness (QED) is 0.864. The molecule has 0 spiro atoms. The van der Waals surface area contributed by atoms with Gasteiger partial charge in [-0.2, -0.15) is 0 Å². The second-order valence-electron chi connectivity index (χ2n) is 4.91. The van der Waals surface area contributed by atoms with E-state index in [0.717, 1.165) is 22.6 Å². The third-order valence-electron chi connectivity index (χ3n) is 3.53. The largest absolute Gasteiger partial charge is 0.345 e. The van der Waals surface area contributed by atoms with Crippen LogP contribution in [0.5, 0.6) is 0 Å². The highest BCUT2D eigenvalue weighted by atomic mass is 32.2. The molecular weight excluding hydrogens is 319 g/mol. The number of carbonyl (C=O) groups excluding carboxylic acids is 1. The topological polar surface area (TPSA) is 42.0 Å². The van der Waals surface area contributed by atoms with Gasteiger partial charge >= 0.3 is 0 Å². The van der Waals surface area contributed by atoms with Crippen molar-refractivity contribution in [2.75, 3.05) is 12.0 Å². The molecule has 1 aromatic heterocycles. The first kappa shape index (κ1) is 15.4. The van der Waals surface area contributed by atoms with Crippen molar-refractivity contribution in [3.8, 4) is 0 Å². The molecule has 1 aliphatic heterocycles. The summed E-state index contributed by atoms with van der Waals surface area (Å²) in [5, 5.41) is 3.72. The average molecular weight is 334 g/mol. The molecule has 22 heavy (non-hydrogen) atoms. The zero-order valence-electron chi connectivity index (χ0n) is 12.0. The van der Waals surface area contributed by atoms with Crippen LogP contribution in [0, 0.1) is 5.82 Å². The molecule has 0 unspecified atom stereocenters. The number of pyridine rings is 1. The minimum Gasteiger partial charge on any atom is -0.345 e. The average Bonchev–Trinajstić information content (AvgIpc) is 2.55. The standard InChI is InChI=1S/C16H15FN2OS2/c1-21-16-11(3-2-7-18-16)15(20)19-13-6-8-22-14-5-4-10(17)9-12(13)14/h2-5,7,9,13H,6,8H2,1H3,(H,19,20)/t13-/m1/s1. The van der Waals surface area contributed by atoms with Crippen LogP contribution < -0.4 is 5.32 Å². The molecule has 0 radical (unpaired) electrons. The molecule has 1 aromatic carbocycles. The Balaban J connectivity index is 1.85. The van der Waals surface area contributed by atoms with E-state index in [2.05, 4.69) is 10.3 Å². The molecule has 2 aromatic rings. The molecule has 0 bridgehead atoms. The third-order valence-corrected chi connectivity index (χ3v) is 5.36. The highest BCUT2D eigenvalue weighted by Gasteiger charge is 2.24. The van der Waals surface area contributed by atoms with E-state index in [-0.39, 0.29) is 17.8 Å². The molecule has 3 rings (SSSR count). The van der Waals surface area contributed by atoms with E-state index in [1.54, 1.807) is 36.2 Å². The second-order valence-corrected chi connectivity index (χ2v) is 6.84. The van der Waals surface area contributed by atoms with Gasteiger partial charge in [-0.15, -0.1) is 23.5 Å². The number of thioether (sulfide) groups is 2. The SMILES string of the molecule is CSc1ncccc1C(=O)N[C@@H]1CCSc2ccc(F)cc21. The van der Waals surface area contributed by atoms with E-state index < -0.39 is 0 Å². The van der Waals surface area contributed by atoms with Crippen molar-refractivity contribution in [1.29, 1.82) is 0 Å². The summed E-state index contributed by atoms with van der Waals surface area (Å²) in [6, 6.07) is 8.12. The smallest absolute Gasteiger partial charge is 0.254 e. The van der Waals surface area contributed by atoms with E-state index >= 15 is 0 Å². The summed E-state index contributed by atoms with van der Waals surface area (Å²) in [7, 11) is 0. The van der Waals surface area contributed by atoms with E-state index in [1.165, 1.54) is 23.9 Å². The molecule has 1 atom stereocenters. The first-order valence-corrected chi connectivity index (χ1v) is 9.12. The molecule has 0 fully saturated rings. The van der Waals surface area contributed by atoms with Crippen LogP contribution in [0.25, 0.3) is 0 Å². The summed E-state index contributed by atoms with van der Waals surface area (Å²) in [6.45, 7) is 0. The van der Waals surface area contributed by atoms with Crippen molar-refractivity contribution in [1.82, 2.24) is 10.3 Å². The molecule has 3 nitrogen and oxygen atoms in total. The Labute approximate surface area is 137 Å². The molecule has 0 saturated heterocycles. The molecule has 1 aliphatic rings. The third kappa shape index (κ3) is 3.13. The maximum atomic E-state index is 13.5. The minimum atomic E-state index is -0.272. The maximum absolute atomic E-state index is 13.5. The van der Waals surface area contributed by atoms with Crippen LogP contribution in [-0.2, 0) is 0 Å². The van der Waals surface area contributed by atoms with Gasteiger partial charge in [0.25, 0.3) is 5.91 Å². The fraction of sp³-hybridized carbons (Fsp3) is 0.250. The number of nitrogens with one attached hydrogen (secondary N) is 1. The van der Waals surface area contributed by atoms with Crippen molar-refractivity contribution in [3.05, 3.63) is 53.5 Å². The number of benzene rings is 1. The number of aromatic nitrogens is 1. The zero-order valence-corrected chi connectivity index (χ0v) is 13.6. The summed E-state index contributed by atoms with van der Waals surface area (Å²) >= 11 is 3.14. The van der Waals surface area contributed by atoms with Gasteiger partial charge in [-0.05, 0) is 48.6 Å². The highest BCUT2D eigenvalue weighted by molar-refractivity contribution is 7.99. The van der Waals surface area contributed by atoms with Gasteiger partial charge in [-0.1, -0.05) is 0 Å². The maximum Gasteiger partial charge on any atom is 0.254 e. The van der Waals surface area contributed by atoms with E-state index in [1.807, 2.05) is 6.26 Å². The van der Waals surface area contributed by atoms with Gasteiger partial charge in [-0.3, -0.25) is 4.79 Å². The molecule has 1 amide bonds. The molecule has 2 heterocycles. The molecule has 6 heteroatoms. The van der Waals surface area contributed by atoms with Crippen LogP contribution in [-0.4, -0.2) is 22.9 Å². The van der Waals surface area contributed by atoms with Crippen LogP contribution in [0.1, 0.15) is 28.4 Å². The summed E-state index contributed by atoms with van der Waals surface area (Å²) in [4.78, 5) is 17.8. The Kier molecular flexibility index (Phi) is 4.69. The fourth-order valence-electron chi connectivity index (χ4n) is 2.48. The van der Waals surface area contributed by atoms with Crippen LogP contribution >= 0.6 is 23.5 Å². The number of carbonyl (C=O) groups is 1. The van der Waals surface area contributed by atoms with E-state index in [0.29, 0.717) is 10.6 Å². The number of hydrogen-bond acceptors (Lipinski definition) is 4. The number of rotatable bonds is 3. The zero-order chi connectivity index (χ0) is 15.5. The van der Waals surface area contributed by atoms with Gasteiger partial charge in [0, 0.05) is 16.8 Å². The van der Waals surface area contributed by atoms with Crippen LogP contribution in [0.3, 0.4) is 0 Å². The summed E-state index contributed by atoms with van der Waals surface area (Å²) in [6.07, 6.45) is 4.35. The number of halogens is 1. The number of nitrogens with zero attached hydrogens (tertiary/aromatic N) is 1. The molecule has 0 saturated carbocycles. The number of fused-ring (bicyclic) bond motifs is 1. The molecular formula is C16H15FN2OS2. The van der Waals surface area contributed by atoms with Crippen LogP contribution in [0.4, 0.5) is 4.39 Å². The van der Waals surface area contributed by atoms with Gasteiger partial charge in [0.05, 0.1) is 11.6 Å². The number of amides is 1. The summed E-state index contributed by atoms with van der Waals surface area (Å²) in [5.74, 6) is 0.475. The fourth-order valence-corrected chi connectivity index (χ4v) is 4.13. The Morgan fingerprint density at radius 3 is 3.14 bits per heavy atom. The van der Waals surface area contributed by atoms with Gasteiger partial charge in [-0.25, -0.2) is 9.37 Å². The Hall–Kier alpha value is -1.53. The molecule has 1 N–H and O–H groups in total. The lowest BCUT2D eigenvalue weighted by Crippen LogP contribution is -2.31. The normalized spacial score (nSPS) is 16.9. The number of hydrogen-bond donors (Lipinski definition) is 1. The molecule has 0 aliphatic carbocycles. The Morgan fingerprint density at radius 1 is 1.45 bits per heavy atom. The van der Waals surface area contributed by atoms with Crippen LogP contribution in [0.15, 0.2) is 46.5 Å². The van der Waals surface area contributed by atoms with Gasteiger partial charge < -0.3 is 5.32 Å². The van der Waals surface area contributed by atoms with E-state index in [9.17, 15) is 9.18 Å². The van der Waals surface area contributed by atoms with E-state index in [4.69, 9.17) is 0 Å². The van der Waals surface area contributed by atoms with Crippen LogP contribution in [0.2, 0.25) is 0 Å². The van der Waals surface area contributed by atoms with Gasteiger partial charge in [0.2, 0.25) is 0 Å². The summed E-state index contributed by atoms with van der Waals surface area (Å²) < 4.78 is 13.5. The Bertz CT molecular complexity index is 708. The minimum absolute atomic E-state index is 0.158. The first-order valence-electron chi connectivity index (χ1n) is 6.91. The predicted molar refractivity (Wildman–Crippen MR) is 88.0 cm³/mol. The summed E-state index contributed by atoms with van der Waals surface area (Å²) in [5.41, 5.74) is 1.42. The Morgan fingerprint density at radius 2 is 2.32 bits per heavy atom. The lowest BCUT2D eigenvalue weighted by molar-refractivity contribution is 0.0931. The first-order chi connectivity index (χ1) is 10.7. The van der Waals surface area contributed by atoms with Crippen molar-refractivity contribution in [2.45, 2.75) is 22.4 Å². The predicted octanol–water partition coefficient (Wildman–Crippen LogP) is 3.91. The highest BCUT2D eigenvalue weighted by Crippen LogP contribution is 2.36. The lowest BCUT2D eigenvalue weighted by Gasteiger charge is -2.26. The molecule has 114 valence electrons. The van der Waals surface area contributed by atoms with Crippen molar-refractivity contribution >= 4 is 29.4 Å². The van der Waals surface area contributed by atoms with Gasteiger partial charge in [0.1, 0.15) is 10.8 Å².